The largest absolute Gasteiger partial charge is 0.484 e. The van der Waals surface area contributed by atoms with Gasteiger partial charge in [0.25, 0.3) is 0 Å². The molecular formula is C19H26F3IN4O2. The highest BCUT2D eigenvalue weighted by Gasteiger charge is 2.28. The number of aliphatic imine (C=N–C) groups is 1. The van der Waals surface area contributed by atoms with E-state index in [0.717, 1.165) is 22.6 Å². The highest BCUT2D eigenvalue weighted by molar-refractivity contribution is 14.0. The van der Waals surface area contributed by atoms with Crippen molar-refractivity contribution in [3.05, 3.63) is 46.3 Å². The summed E-state index contributed by atoms with van der Waals surface area (Å²) >= 11 is 0. The number of aromatic nitrogens is 1. The molecular weight excluding hydrogens is 500 g/mol. The van der Waals surface area contributed by atoms with Crippen LogP contribution < -0.4 is 15.4 Å². The van der Waals surface area contributed by atoms with Gasteiger partial charge in [0, 0.05) is 31.3 Å². The predicted molar refractivity (Wildman–Crippen MR) is 116 cm³/mol. The fourth-order valence-corrected chi connectivity index (χ4v) is 2.67. The van der Waals surface area contributed by atoms with Gasteiger partial charge in [-0.25, -0.2) is 0 Å². The fraction of sp³-hybridized carbons (Fsp3) is 0.474. The zero-order valence-corrected chi connectivity index (χ0v) is 19.1. The molecule has 1 aromatic heterocycles. The number of benzene rings is 1. The number of halogens is 4. The topological polar surface area (TPSA) is 71.7 Å². The number of aryl methyl sites for hydroxylation is 3. The first-order valence-electron chi connectivity index (χ1n) is 8.85. The molecule has 6 nitrogen and oxygen atoms in total. The normalized spacial score (nSPS) is 11.8. The molecule has 0 aliphatic rings. The standard InChI is InChI=1S/C19H25F3N4O2.HI/c1-12-5-6-15(17(9-12)27-11-19(20,21)22)10-25-18(23-4)24-8-7-16-13(2)26-28-14(16)3;/h5-6,9H,7-8,10-11H2,1-4H3,(H2,23,24,25);1H. The number of nitrogens with one attached hydrogen (secondary N) is 2. The quantitative estimate of drug-likeness (QED) is 0.324. The average molecular weight is 526 g/mol. The smallest absolute Gasteiger partial charge is 0.422 e. The first-order chi connectivity index (χ1) is 13.2. The zero-order valence-electron chi connectivity index (χ0n) is 16.8. The molecule has 0 radical (unpaired) electrons. The van der Waals surface area contributed by atoms with Gasteiger partial charge < -0.3 is 19.9 Å². The van der Waals surface area contributed by atoms with Gasteiger partial charge in [-0.05, 0) is 38.8 Å². The van der Waals surface area contributed by atoms with Gasteiger partial charge in [0.1, 0.15) is 11.5 Å². The average Bonchev–Trinajstić information content (AvgIpc) is 2.95. The molecule has 1 aromatic carbocycles. The molecule has 29 heavy (non-hydrogen) atoms. The van der Waals surface area contributed by atoms with Crippen LogP contribution in [0.2, 0.25) is 0 Å². The van der Waals surface area contributed by atoms with E-state index in [1.165, 1.54) is 0 Å². The number of hydrogen-bond donors (Lipinski definition) is 2. The predicted octanol–water partition coefficient (Wildman–Crippen LogP) is 4.07. The molecule has 1 heterocycles. The first kappa shape index (κ1) is 25.1. The van der Waals surface area contributed by atoms with Gasteiger partial charge in [0.2, 0.25) is 0 Å². The molecule has 0 saturated heterocycles. The summed E-state index contributed by atoms with van der Waals surface area (Å²) in [6, 6.07) is 5.16. The van der Waals surface area contributed by atoms with Crippen LogP contribution in [0.25, 0.3) is 0 Å². The first-order valence-corrected chi connectivity index (χ1v) is 8.85. The second-order valence-electron chi connectivity index (χ2n) is 6.42. The van der Waals surface area contributed by atoms with E-state index in [1.54, 1.807) is 26.1 Å². The van der Waals surface area contributed by atoms with E-state index in [9.17, 15) is 13.2 Å². The van der Waals surface area contributed by atoms with E-state index >= 15 is 0 Å². The maximum absolute atomic E-state index is 12.5. The number of ether oxygens (including phenoxy) is 1. The third-order valence-electron chi connectivity index (χ3n) is 4.13. The molecule has 0 aliphatic heterocycles. The molecule has 0 bridgehead atoms. The molecule has 10 heteroatoms. The van der Waals surface area contributed by atoms with Crippen LogP contribution in [0.4, 0.5) is 13.2 Å². The van der Waals surface area contributed by atoms with Gasteiger partial charge in [-0.1, -0.05) is 17.3 Å². The van der Waals surface area contributed by atoms with Crippen LogP contribution in [0.1, 0.15) is 28.1 Å². The van der Waals surface area contributed by atoms with Crippen LogP contribution >= 0.6 is 24.0 Å². The third-order valence-corrected chi connectivity index (χ3v) is 4.13. The van der Waals surface area contributed by atoms with Crippen molar-refractivity contribution >= 4 is 29.9 Å². The summed E-state index contributed by atoms with van der Waals surface area (Å²) in [5.74, 6) is 1.53. The van der Waals surface area contributed by atoms with Gasteiger partial charge in [-0.15, -0.1) is 24.0 Å². The monoisotopic (exact) mass is 526 g/mol. The summed E-state index contributed by atoms with van der Waals surface area (Å²) in [4.78, 5) is 4.13. The van der Waals surface area contributed by atoms with Crippen LogP contribution in [0.5, 0.6) is 5.75 Å². The van der Waals surface area contributed by atoms with Crippen molar-refractivity contribution in [3.63, 3.8) is 0 Å². The Bertz CT molecular complexity index is 803. The van der Waals surface area contributed by atoms with Crippen molar-refractivity contribution in [2.45, 2.75) is 39.9 Å². The molecule has 0 unspecified atom stereocenters. The van der Waals surface area contributed by atoms with Gasteiger partial charge in [-0.3, -0.25) is 4.99 Å². The number of rotatable bonds is 7. The molecule has 162 valence electrons. The molecule has 0 saturated carbocycles. The molecule has 2 aromatic rings. The van der Waals surface area contributed by atoms with Crippen LogP contribution in [0.15, 0.2) is 27.7 Å². The zero-order chi connectivity index (χ0) is 20.7. The van der Waals surface area contributed by atoms with Crippen molar-refractivity contribution in [3.8, 4) is 5.75 Å². The molecule has 0 spiro atoms. The van der Waals surface area contributed by atoms with Crippen molar-refractivity contribution in [2.24, 2.45) is 4.99 Å². The van der Waals surface area contributed by atoms with Crippen LogP contribution in [-0.4, -0.2) is 37.5 Å². The van der Waals surface area contributed by atoms with E-state index in [-0.39, 0.29) is 36.3 Å². The maximum atomic E-state index is 12.5. The molecule has 2 N–H and O–H groups in total. The summed E-state index contributed by atoms with van der Waals surface area (Å²) in [6.45, 7) is 5.11. The molecule has 0 amide bonds. The van der Waals surface area contributed by atoms with Crippen molar-refractivity contribution in [1.29, 1.82) is 0 Å². The summed E-state index contributed by atoms with van der Waals surface area (Å²) in [5, 5.41) is 10.2. The highest BCUT2D eigenvalue weighted by Crippen LogP contribution is 2.23. The number of hydrogen-bond acceptors (Lipinski definition) is 4. The maximum Gasteiger partial charge on any atom is 0.422 e. The summed E-state index contributed by atoms with van der Waals surface area (Å²) in [5.41, 5.74) is 3.34. The van der Waals surface area contributed by atoms with E-state index in [4.69, 9.17) is 9.26 Å². The van der Waals surface area contributed by atoms with E-state index in [1.807, 2.05) is 19.9 Å². The lowest BCUT2D eigenvalue weighted by Gasteiger charge is -2.16. The number of guanidine groups is 1. The fourth-order valence-electron chi connectivity index (χ4n) is 2.67. The van der Waals surface area contributed by atoms with Gasteiger partial charge in [0.05, 0.1) is 5.69 Å². The SMILES string of the molecule is CN=C(NCCc1c(C)noc1C)NCc1ccc(C)cc1OCC(F)(F)F.I. The van der Waals surface area contributed by atoms with E-state index in [2.05, 4.69) is 20.8 Å². The summed E-state index contributed by atoms with van der Waals surface area (Å²) < 4.78 is 47.5. The minimum absolute atomic E-state index is 0. The Morgan fingerprint density at radius 1 is 1.21 bits per heavy atom. The Balaban J connectivity index is 0.00000420. The lowest BCUT2D eigenvalue weighted by atomic mass is 10.1. The minimum atomic E-state index is -4.38. The number of alkyl halides is 3. The van der Waals surface area contributed by atoms with Crippen LogP contribution in [0.3, 0.4) is 0 Å². The lowest BCUT2D eigenvalue weighted by Crippen LogP contribution is -2.38. The Morgan fingerprint density at radius 3 is 2.52 bits per heavy atom. The van der Waals surface area contributed by atoms with Crippen molar-refractivity contribution in [1.82, 2.24) is 15.8 Å². The van der Waals surface area contributed by atoms with Gasteiger partial charge in [0.15, 0.2) is 12.6 Å². The van der Waals surface area contributed by atoms with Crippen molar-refractivity contribution < 1.29 is 22.4 Å². The third kappa shape index (κ3) is 8.11. The highest BCUT2D eigenvalue weighted by atomic mass is 127. The number of nitrogens with zero attached hydrogens (tertiary/aromatic N) is 2. The van der Waals surface area contributed by atoms with Gasteiger partial charge >= 0.3 is 6.18 Å². The lowest BCUT2D eigenvalue weighted by molar-refractivity contribution is -0.153. The Kier molecular flexibility index (Phi) is 9.74. The second kappa shape index (κ2) is 11.3. The van der Waals surface area contributed by atoms with Crippen molar-refractivity contribution in [2.75, 3.05) is 20.2 Å². The molecule has 2 rings (SSSR count). The van der Waals surface area contributed by atoms with E-state index in [0.29, 0.717) is 24.5 Å². The Hall–Kier alpha value is -1.98. The second-order valence-corrected chi connectivity index (χ2v) is 6.42. The summed E-state index contributed by atoms with van der Waals surface area (Å²) in [7, 11) is 1.63. The Morgan fingerprint density at radius 2 is 1.93 bits per heavy atom. The van der Waals surface area contributed by atoms with Gasteiger partial charge in [-0.2, -0.15) is 13.2 Å². The molecule has 0 aliphatic carbocycles. The minimum Gasteiger partial charge on any atom is -0.484 e. The van der Waals surface area contributed by atoms with Crippen LogP contribution in [-0.2, 0) is 13.0 Å². The van der Waals surface area contributed by atoms with E-state index < -0.39 is 12.8 Å². The molecule has 0 atom stereocenters. The summed E-state index contributed by atoms with van der Waals surface area (Å²) in [6.07, 6.45) is -3.67. The molecule has 0 fully saturated rings. The van der Waals surface area contributed by atoms with Crippen LogP contribution in [0, 0.1) is 20.8 Å². The Labute approximate surface area is 185 Å².